The Morgan fingerprint density at radius 1 is 1.11 bits per heavy atom. The van der Waals surface area contributed by atoms with E-state index in [0.29, 0.717) is 18.1 Å². The molecule has 3 rings (SSSR count). The van der Waals surface area contributed by atoms with Crippen LogP contribution in [0.3, 0.4) is 0 Å². The highest BCUT2D eigenvalue weighted by atomic mass is 35.5. The van der Waals surface area contributed by atoms with Crippen LogP contribution in [0.5, 0.6) is 5.75 Å². The molecule has 5 nitrogen and oxygen atoms in total. The summed E-state index contributed by atoms with van der Waals surface area (Å²) in [6, 6.07) is 7.39. The number of halogens is 3. The first-order chi connectivity index (χ1) is 16.1. The molecule has 35 heavy (non-hydrogen) atoms. The molecule has 0 amide bonds. The highest BCUT2D eigenvalue weighted by Gasteiger charge is 2.45. The fourth-order valence-corrected chi connectivity index (χ4v) is 6.77. The average Bonchev–Trinajstić information content (AvgIpc) is 2.75. The number of sulfone groups is 1. The lowest BCUT2D eigenvalue weighted by Crippen LogP contribution is -2.42. The minimum atomic E-state index is -4.18. The lowest BCUT2D eigenvalue weighted by Gasteiger charge is -2.37. The summed E-state index contributed by atoms with van der Waals surface area (Å²) < 4.78 is 74.6. The Bertz CT molecular complexity index is 1150. The monoisotopic (exact) mass is 546 g/mol. The third-order valence-electron chi connectivity index (χ3n) is 6.79. The van der Waals surface area contributed by atoms with Crippen LogP contribution >= 0.6 is 11.6 Å². The van der Waals surface area contributed by atoms with Gasteiger partial charge in [0.25, 0.3) is 0 Å². The first kappa shape index (κ1) is 28.1. The van der Waals surface area contributed by atoms with E-state index >= 15 is 0 Å². The van der Waals surface area contributed by atoms with Crippen molar-refractivity contribution in [2.24, 2.45) is 0 Å². The Morgan fingerprint density at radius 3 is 2.31 bits per heavy atom. The fourth-order valence-electron chi connectivity index (χ4n) is 3.70. The van der Waals surface area contributed by atoms with E-state index in [1.54, 1.807) is 6.92 Å². The van der Waals surface area contributed by atoms with Crippen LogP contribution in [0, 0.1) is 11.6 Å². The van der Waals surface area contributed by atoms with Crippen molar-refractivity contribution < 1.29 is 31.1 Å². The standard InChI is InChI=1S/C25H33ClF2O5SSi/c1-16(13-14-32-35(5,6)25(2,3)4)33-21-15-31-23-20(28)12-11-19(27)22(23)24(21)34(29,30)18-9-7-17(26)8-10-18/h7-12,16,21,24H,13-15H2,1-6H3/t16?,21?,24-/m0/s1. The maximum atomic E-state index is 15.0. The molecule has 1 aliphatic heterocycles. The maximum Gasteiger partial charge on any atom is 0.191 e. The van der Waals surface area contributed by atoms with Crippen LogP contribution in [0.25, 0.3) is 0 Å². The van der Waals surface area contributed by atoms with E-state index in [-0.39, 0.29) is 22.1 Å². The number of benzene rings is 2. The first-order valence-electron chi connectivity index (χ1n) is 11.5. The van der Waals surface area contributed by atoms with Crippen molar-refractivity contribution in [1.82, 2.24) is 0 Å². The SMILES string of the molecule is CC(CCO[Si](C)(C)C(C)(C)C)OC1COc2c(F)ccc(F)c2[C@H]1S(=O)(=O)c1ccc(Cl)cc1. The van der Waals surface area contributed by atoms with Crippen LogP contribution in [-0.4, -0.2) is 42.2 Å². The Balaban J connectivity index is 1.89. The highest BCUT2D eigenvalue weighted by molar-refractivity contribution is 7.91. The molecule has 2 aromatic rings. The average molecular weight is 547 g/mol. The first-order valence-corrected chi connectivity index (χ1v) is 16.4. The fraction of sp³-hybridized carbons (Fsp3) is 0.520. The third-order valence-corrected chi connectivity index (χ3v) is 13.7. The van der Waals surface area contributed by atoms with Crippen molar-refractivity contribution >= 4 is 29.8 Å². The lowest BCUT2D eigenvalue weighted by molar-refractivity contribution is -0.0437. The van der Waals surface area contributed by atoms with E-state index in [1.165, 1.54) is 24.3 Å². The summed E-state index contributed by atoms with van der Waals surface area (Å²) in [5.74, 6) is -2.10. The maximum absolute atomic E-state index is 15.0. The van der Waals surface area contributed by atoms with Gasteiger partial charge in [0.05, 0.1) is 16.6 Å². The zero-order valence-electron chi connectivity index (χ0n) is 20.9. The Morgan fingerprint density at radius 2 is 1.71 bits per heavy atom. The zero-order valence-corrected chi connectivity index (χ0v) is 23.5. The van der Waals surface area contributed by atoms with E-state index in [0.717, 1.165) is 12.1 Å². The second kappa shape index (κ2) is 10.5. The molecule has 0 saturated heterocycles. The summed E-state index contributed by atoms with van der Waals surface area (Å²) in [7, 11) is -6.14. The molecule has 1 heterocycles. The van der Waals surface area contributed by atoms with Crippen molar-refractivity contribution in [3.8, 4) is 5.75 Å². The number of hydrogen-bond acceptors (Lipinski definition) is 5. The van der Waals surface area contributed by atoms with Crippen molar-refractivity contribution in [2.45, 2.75) is 74.6 Å². The van der Waals surface area contributed by atoms with Crippen LogP contribution in [0.1, 0.15) is 44.9 Å². The molecule has 0 bridgehead atoms. The number of rotatable bonds is 8. The van der Waals surface area contributed by atoms with Crippen LogP contribution in [-0.2, 0) is 19.0 Å². The Kier molecular flexibility index (Phi) is 8.38. The van der Waals surface area contributed by atoms with Gasteiger partial charge in [0, 0.05) is 11.6 Å². The van der Waals surface area contributed by atoms with Crippen LogP contribution in [0.2, 0.25) is 23.2 Å². The molecule has 0 aromatic heterocycles. The molecule has 10 heteroatoms. The molecule has 0 N–H and O–H groups in total. The summed E-state index contributed by atoms with van der Waals surface area (Å²) in [5, 5.41) is -1.08. The molecule has 0 radical (unpaired) electrons. The summed E-state index contributed by atoms with van der Waals surface area (Å²) in [6.45, 7) is 12.8. The molecule has 0 aliphatic carbocycles. The Hall–Kier alpha value is -1.52. The van der Waals surface area contributed by atoms with E-state index in [2.05, 4.69) is 33.9 Å². The predicted molar refractivity (Wildman–Crippen MR) is 135 cm³/mol. The van der Waals surface area contributed by atoms with Crippen molar-refractivity contribution in [2.75, 3.05) is 13.2 Å². The normalized spacial score (nSPS) is 19.7. The largest absolute Gasteiger partial charge is 0.487 e. The number of fused-ring (bicyclic) bond motifs is 1. The van der Waals surface area contributed by atoms with E-state index in [4.69, 9.17) is 25.5 Å². The molecule has 1 aliphatic rings. The zero-order chi connectivity index (χ0) is 26.2. The molecule has 0 spiro atoms. The highest BCUT2D eigenvalue weighted by Crippen LogP contribution is 2.44. The van der Waals surface area contributed by atoms with Gasteiger partial charge >= 0.3 is 0 Å². The van der Waals surface area contributed by atoms with E-state index < -0.39 is 53.0 Å². The second-order valence-electron chi connectivity index (χ2n) is 10.4. The molecule has 2 unspecified atom stereocenters. The predicted octanol–water partition coefficient (Wildman–Crippen LogP) is 6.71. The smallest absolute Gasteiger partial charge is 0.191 e. The van der Waals surface area contributed by atoms with E-state index in [9.17, 15) is 17.2 Å². The van der Waals surface area contributed by atoms with Crippen molar-refractivity contribution in [3.05, 3.63) is 58.6 Å². The molecular weight excluding hydrogens is 514 g/mol. The Labute approximate surface area is 212 Å². The summed E-state index contributed by atoms with van der Waals surface area (Å²) in [5.41, 5.74) is -0.360. The van der Waals surface area contributed by atoms with Crippen molar-refractivity contribution in [3.63, 3.8) is 0 Å². The van der Waals surface area contributed by atoms with Crippen molar-refractivity contribution in [1.29, 1.82) is 0 Å². The minimum Gasteiger partial charge on any atom is -0.487 e. The van der Waals surface area contributed by atoms with Gasteiger partial charge in [-0.15, -0.1) is 0 Å². The van der Waals surface area contributed by atoms with Gasteiger partial charge in [-0.1, -0.05) is 32.4 Å². The summed E-state index contributed by atoms with van der Waals surface area (Å²) >= 11 is 5.92. The van der Waals surface area contributed by atoms with Crippen LogP contribution < -0.4 is 4.74 Å². The van der Waals surface area contributed by atoms with Gasteiger partial charge in [0.1, 0.15) is 23.8 Å². The molecule has 0 saturated carbocycles. The van der Waals surface area contributed by atoms with Gasteiger partial charge < -0.3 is 13.9 Å². The minimum absolute atomic E-state index is 0.0529. The second-order valence-corrected chi connectivity index (χ2v) is 17.7. The van der Waals surface area contributed by atoms with Gasteiger partial charge in [-0.05, 0) is 67.9 Å². The molecular formula is C25H33ClF2O5SSi. The topological polar surface area (TPSA) is 61.8 Å². The summed E-state index contributed by atoms with van der Waals surface area (Å²) in [6.07, 6.45) is -0.952. The number of hydrogen-bond donors (Lipinski definition) is 0. The van der Waals surface area contributed by atoms with Gasteiger partial charge in [0.2, 0.25) is 0 Å². The van der Waals surface area contributed by atoms with Crippen LogP contribution in [0.4, 0.5) is 8.78 Å². The van der Waals surface area contributed by atoms with Gasteiger partial charge in [-0.2, -0.15) is 0 Å². The van der Waals surface area contributed by atoms with E-state index in [1.807, 2.05) is 0 Å². The quantitative estimate of drug-likeness (QED) is 0.344. The third kappa shape index (κ3) is 6.07. The number of ether oxygens (including phenoxy) is 2. The molecule has 3 atom stereocenters. The molecule has 0 fully saturated rings. The molecule has 2 aromatic carbocycles. The van der Waals surface area contributed by atoms with Gasteiger partial charge in [-0.3, -0.25) is 0 Å². The van der Waals surface area contributed by atoms with Crippen LogP contribution in [0.15, 0.2) is 41.3 Å². The van der Waals surface area contributed by atoms with Gasteiger partial charge in [-0.25, -0.2) is 17.2 Å². The summed E-state index contributed by atoms with van der Waals surface area (Å²) in [4.78, 5) is -0.0640. The van der Waals surface area contributed by atoms with Gasteiger partial charge in [0.15, 0.2) is 29.7 Å². The molecule has 194 valence electrons. The lowest BCUT2D eigenvalue weighted by atomic mass is 10.0.